The van der Waals surface area contributed by atoms with Gasteiger partial charge in [0, 0.05) is 18.8 Å². The van der Waals surface area contributed by atoms with Crippen molar-refractivity contribution in [3.05, 3.63) is 0 Å². The van der Waals surface area contributed by atoms with Crippen LogP contribution in [0.3, 0.4) is 0 Å². The zero-order valence-electron chi connectivity index (χ0n) is 12.4. The average Bonchev–Trinajstić information content (AvgIpc) is 2.82. The van der Waals surface area contributed by atoms with E-state index in [0.29, 0.717) is 11.8 Å². The fraction of sp³-hybridized carbons (Fsp3) is 1.00. The molecule has 1 fully saturated rings. The van der Waals surface area contributed by atoms with Gasteiger partial charge in [-0.05, 0) is 38.1 Å². The van der Waals surface area contributed by atoms with Gasteiger partial charge in [-0.1, -0.05) is 33.1 Å². The van der Waals surface area contributed by atoms with Crippen molar-refractivity contribution in [2.75, 3.05) is 26.9 Å². The molecule has 0 radical (unpaired) electrons. The van der Waals surface area contributed by atoms with Gasteiger partial charge in [0.2, 0.25) is 0 Å². The van der Waals surface area contributed by atoms with E-state index in [1.165, 1.54) is 25.7 Å². The molecule has 2 N–H and O–H groups in total. The SMILES string of the molecule is CCC(CC)COCCC1CCCC1(CO)NC. The molecular formula is C15H31NO2. The monoisotopic (exact) mass is 257 g/mol. The fourth-order valence-electron chi connectivity index (χ4n) is 3.18. The van der Waals surface area contributed by atoms with Crippen LogP contribution < -0.4 is 5.32 Å². The van der Waals surface area contributed by atoms with Gasteiger partial charge < -0.3 is 15.2 Å². The zero-order valence-corrected chi connectivity index (χ0v) is 12.4. The van der Waals surface area contributed by atoms with Crippen LogP contribution in [-0.2, 0) is 4.74 Å². The Labute approximate surface area is 112 Å². The number of hydrogen-bond acceptors (Lipinski definition) is 3. The van der Waals surface area contributed by atoms with Gasteiger partial charge in [-0.2, -0.15) is 0 Å². The van der Waals surface area contributed by atoms with Gasteiger partial charge in [0.25, 0.3) is 0 Å². The molecule has 1 aliphatic rings. The van der Waals surface area contributed by atoms with Gasteiger partial charge in [0.05, 0.1) is 6.61 Å². The molecule has 108 valence electrons. The summed E-state index contributed by atoms with van der Waals surface area (Å²) in [6.07, 6.45) is 7.02. The van der Waals surface area contributed by atoms with Crippen LogP contribution >= 0.6 is 0 Å². The molecule has 0 aromatic carbocycles. The Balaban J connectivity index is 2.26. The molecular weight excluding hydrogens is 226 g/mol. The lowest BCUT2D eigenvalue weighted by Crippen LogP contribution is -2.49. The molecule has 2 unspecified atom stereocenters. The lowest BCUT2D eigenvalue weighted by atomic mass is 9.86. The number of likely N-dealkylation sites (N-methyl/N-ethyl adjacent to an activating group) is 1. The second-order valence-corrected chi connectivity index (χ2v) is 5.70. The number of ether oxygens (including phenoxy) is 1. The predicted octanol–water partition coefficient (Wildman–Crippen LogP) is 2.58. The van der Waals surface area contributed by atoms with Crippen molar-refractivity contribution >= 4 is 0 Å². The van der Waals surface area contributed by atoms with Crippen LogP contribution in [0.25, 0.3) is 0 Å². The highest BCUT2D eigenvalue weighted by Crippen LogP contribution is 2.37. The smallest absolute Gasteiger partial charge is 0.0615 e. The van der Waals surface area contributed by atoms with Gasteiger partial charge in [-0.15, -0.1) is 0 Å². The van der Waals surface area contributed by atoms with Crippen LogP contribution in [0.15, 0.2) is 0 Å². The third-order valence-electron chi connectivity index (χ3n) is 4.86. The van der Waals surface area contributed by atoms with Crippen molar-refractivity contribution in [1.29, 1.82) is 0 Å². The molecule has 0 aromatic rings. The van der Waals surface area contributed by atoms with E-state index in [1.807, 2.05) is 7.05 Å². The normalized spacial score (nSPS) is 28.2. The Kier molecular flexibility index (Phi) is 7.20. The van der Waals surface area contributed by atoms with E-state index in [1.54, 1.807) is 0 Å². The summed E-state index contributed by atoms with van der Waals surface area (Å²) in [7, 11) is 1.97. The molecule has 18 heavy (non-hydrogen) atoms. The lowest BCUT2D eigenvalue weighted by Gasteiger charge is -2.33. The van der Waals surface area contributed by atoms with Crippen molar-refractivity contribution in [3.63, 3.8) is 0 Å². The van der Waals surface area contributed by atoms with E-state index in [9.17, 15) is 5.11 Å². The highest BCUT2D eigenvalue weighted by atomic mass is 16.5. The standard InChI is InChI=1S/C15H31NO2/c1-4-13(5-2)11-18-10-8-14-7-6-9-15(14,12-17)16-3/h13-14,16-17H,4-12H2,1-3H3. The largest absolute Gasteiger partial charge is 0.394 e. The van der Waals surface area contributed by atoms with Crippen LogP contribution in [0, 0.1) is 11.8 Å². The van der Waals surface area contributed by atoms with Crippen molar-refractivity contribution in [1.82, 2.24) is 5.32 Å². The second kappa shape index (κ2) is 8.13. The minimum absolute atomic E-state index is 0.0434. The first-order chi connectivity index (χ1) is 8.72. The van der Waals surface area contributed by atoms with E-state index in [-0.39, 0.29) is 12.1 Å². The molecule has 3 nitrogen and oxygen atoms in total. The number of aliphatic hydroxyl groups excluding tert-OH is 1. The summed E-state index contributed by atoms with van der Waals surface area (Å²) >= 11 is 0. The van der Waals surface area contributed by atoms with Crippen LogP contribution in [0.2, 0.25) is 0 Å². The molecule has 0 aliphatic heterocycles. The quantitative estimate of drug-likeness (QED) is 0.624. The minimum Gasteiger partial charge on any atom is -0.394 e. The summed E-state index contributed by atoms with van der Waals surface area (Å²) in [5.74, 6) is 1.27. The van der Waals surface area contributed by atoms with Gasteiger partial charge in [0.15, 0.2) is 0 Å². The molecule has 0 spiro atoms. The lowest BCUT2D eigenvalue weighted by molar-refractivity contribution is 0.0640. The van der Waals surface area contributed by atoms with E-state index in [0.717, 1.165) is 26.1 Å². The molecule has 0 saturated heterocycles. The maximum Gasteiger partial charge on any atom is 0.0615 e. The summed E-state index contributed by atoms with van der Waals surface area (Å²) in [6, 6.07) is 0. The minimum atomic E-state index is -0.0434. The van der Waals surface area contributed by atoms with Crippen molar-refractivity contribution in [2.45, 2.75) is 57.9 Å². The molecule has 0 bridgehead atoms. The maximum atomic E-state index is 9.60. The van der Waals surface area contributed by atoms with E-state index in [4.69, 9.17) is 4.74 Å². The number of rotatable bonds is 9. The van der Waals surface area contributed by atoms with Crippen LogP contribution in [0.4, 0.5) is 0 Å². The van der Waals surface area contributed by atoms with Crippen LogP contribution in [0.1, 0.15) is 52.4 Å². The Morgan fingerprint density at radius 3 is 2.67 bits per heavy atom. The van der Waals surface area contributed by atoms with Crippen molar-refractivity contribution in [3.8, 4) is 0 Å². The Morgan fingerprint density at radius 2 is 2.11 bits per heavy atom. The van der Waals surface area contributed by atoms with E-state index < -0.39 is 0 Å². The number of nitrogens with one attached hydrogen (secondary N) is 1. The van der Waals surface area contributed by atoms with Crippen LogP contribution in [0.5, 0.6) is 0 Å². The third-order valence-corrected chi connectivity index (χ3v) is 4.86. The van der Waals surface area contributed by atoms with Crippen molar-refractivity contribution in [2.24, 2.45) is 11.8 Å². The van der Waals surface area contributed by atoms with Crippen molar-refractivity contribution < 1.29 is 9.84 Å². The second-order valence-electron chi connectivity index (χ2n) is 5.70. The van der Waals surface area contributed by atoms with Gasteiger partial charge >= 0.3 is 0 Å². The summed E-state index contributed by atoms with van der Waals surface area (Å²) in [4.78, 5) is 0. The van der Waals surface area contributed by atoms with Gasteiger partial charge in [-0.25, -0.2) is 0 Å². The first-order valence-electron chi connectivity index (χ1n) is 7.59. The average molecular weight is 257 g/mol. The maximum absolute atomic E-state index is 9.60. The van der Waals surface area contributed by atoms with E-state index >= 15 is 0 Å². The van der Waals surface area contributed by atoms with Gasteiger partial charge in [0.1, 0.15) is 0 Å². The third kappa shape index (κ3) is 3.94. The first kappa shape index (κ1) is 15.9. The predicted molar refractivity (Wildman–Crippen MR) is 75.7 cm³/mol. The number of hydrogen-bond donors (Lipinski definition) is 2. The molecule has 2 atom stereocenters. The molecule has 1 aliphatic carbocycles. The molecule has 1 rings (SSSR count). The Morgan fingerprint density at radius 1 is 1.39 bits per heavy atom. The highest BCUT2D eigenvalue weighted by Gasteiger charge is 2.40. The fourth-order valence-corrected chi connectivity index (χ4v) is 3.18. The highest BCUT2D eigenvalue weighted by molar-refractivity contribution is 4.97. The molecule has 3 heteroatoms. The van der Waals surface area contributed by atoms with Gasteiger partial charge in [-0.3, -0.25) is 0 Å². The zero-order chi connectivity index (χ0) is 13.4. The molecule has 0 heterocycles. The Hall–Kier alpha value is -0.120. The summed E-state index contributed by atoms with van der Waals surface area (Å²) in [6.45, 7) is 6.44. The van der Waals surface area contributed by atoms with E-state index in [2.05, 4.69) is 19.2 Å². The number of aliphatic hydroxyl groups is 1. The summed E-state index contributed by atoms with van der Waals surface area (Å²) in [5.41, 5.74) is -0.0434. The van der Waals surface area contributed by atoms with Crippen LogP contribution in [-0.4, -0.2) is 37.5 Å². The summed E-state index contributed by atoms with van der Waals surface area (Å²) < 4.78 is 5.81. The molecule has 0 amide bonds. The summed E-state index contributed by atoms with van der Waals surface area (Å²) in [5, 5.41) is 12.9. The molecule has 0 aromatic heterocycles. The topological polar surface area (TPSA) is 41.5 Å². The first-order valence-corrected chi connectivity index (χ1v) is 7.59. The molecule has 1 saturated carbocycles. The Bertz CT molecular complexity index is 213.